The molecule has 7 heteroatoms. The molecular formula is C24H17FN4O2. The summed E-state index contributed by atoms with van der Waals surface area (Å²) in [7, 11) is 0. The fourth-order valence-electron chi connectivity index (χ4n) is 2.90. The molecule has 152 valence electrons. The summed E-state index contributed by atoms with van der Waals surface area (Å²) in [6.45, 7) is 0. The lowest BCUT2D eigenvalue weighted by molar-refractivity contribution is -0.111. The number of nitrogens with zero attached hydrogens (tertiary/aromatic N) is 2. The van der Waals surface area contributed by atoms with Gasteiger partial charge in [-0.05, 0) is 54.6 Å². The molecule has 6 nitrogen and oxygen atoms in total. The summed E-state index contributed by atoms with van der Waals surface area (Å²) < 4.78 is 13.3. The Morgan fingerprint density at radius 1 is 0.839 bits per heavy atom. The van der Waals surface area contributed by atoms with Gasteiger partial charge in [-0.25, -0.2) is 9.37 Å². The molecule has 0 aliphatic carbocycles. The molecule has 0 spiro atoms. The highest BCUT2D eigenvalue weighted by atomic mass is 19.1. The van der Waals surface area contributed by atoms with Crippen molar-refractivity contribution in [2.24, 2.45) is 0 Å². The largest absolute Gasteiger partial charge is 0.322 e. The van der Waals surface area contributed by atoms with Crippen molar-refractivity contribution in [2.45, 2.75) is 0 Å². The fraction of sp³-hybridized carbons (Fsp3) is 0. The van der Waals surface area contributed by atoms with E-state index < -0.39 is 11.7 Å². The lowest BCUT2D eigenvalue weighted by Crippen LogP contribution is -2.13. The molecule has 4 rings (SSSR count). The fourth-order valence-corrected chi connectivity index (χ4v) is 2.90. The Morgan fingerprint density at radius 3 is 2.39 bits per heavy atom. The van der Waals surface area contributed by atoms with Crippen molar-refractivity contribution in [1.29, 1.82) is 0 Å². The maximum atomic E-state index is 13.3. The average molecular weight is 412 g/mol. The smallest absolute Gasteiger partial charge is 0.255 e. The van der Waals surface area contributed by atoms with Crippen molar-refractivity contribution < 1.29 is 14.0 Å². The van der Waals surface area contributed by atoms with E-state index >= 15 is 0 Å². The first-order chi connectivity index (χ1) is 15.1. The molecule has 2 N–H and O–H groups in total. The van der Waals surface area contributed by atoms with Crippen LogP contribution < -0.4 is 10.6 Å². The van der Waals surface area contributed by atoms with Crippen molar-refractivity contribution in [3.63, 3.8) is 0 Å². The highest BCUT2D eigenvalue weighted by Crippen LogP contribution is 2.15. The summed E-state index contributed by atoms with van der Waals surface area (Å²) in [6.07, 6.45) is 4.50. The van der Waals surface area contributed by atoms with Crippen LogP contribution in [-0.4, -0.2) is 21.8 Å². The van der Waals surface area contributed by atoms with E-state index in [1.165, 1.54) is 30.3 Å². The van der Waals surface area contributed by atoms with Gasteiger partial charge in [0.15, 0.2) is 0 Å². The topological polar surface area (TPSA) is 84.0 Å². The average Bonchev–Trinajstić information content (AvgIpc) is 2.78. The number of anilines is 2. The van der Waals surface area contributed by atoms with Crippen LogP contribution in [-0.2, 0) is 4.79 Å². The summed E-state index contributed by atoms with van der Waals surface area (Å²) in [5.41, 5.74) is 3.19. The predicted molar refractivity (Wildman–Crippen MR) is 118 cm³/mol. The quantitative estimate of drug-likeness (QED) is 0.467. The first-order valence-electron chi connectivity index (χ1n) is 9.45. The zero-order chi connectivity index (χ0) is 21.6. The molecule has 0 saturated carbocycles. The minimum absolute atomic E-state index is 0.325. The number of hydrogen-bond donors (Lipinski definition) is 2. The summed E-state index contributed by atoms with van der Waals surface area (Å²) in [5, 5.41) is 5.32. The van der Waals surface area contributed by atoms with E-state index in [1.54, 1.807) is 36.5 Å². The lowest BCUT2D eigenvalue weighted by Gasteiger charge is -2.07. The van der Waals surface area contributed by atoms with Crippen molar-refractivity contribution in [3.8, 4) is 0 Å². The number of aromatic nitrogens is 2. The molecule has 0 radical (unpaired) electrons. The normalized spacial score (nSPS) is 10.9. The van der Waals surface area contributed by atoms with Crippen molar-refractivity contribution in [3.05, 3.63) is 102 Å². The van der Waals surface area contributed by atoms with Gasteiger partial charge in [-0.3, -0.25) is 14.6 Å². The van der Waals surface area contributed by atoms with Crippen LogP contribution in [0.4, 0.5) is 15.8 Å². The van der Waals surface area contributed by atoms with E-state index in [9.17, 15) is 14.0 Å². The van der Waals surface area contributed by atoms with E-state index in [2.05, 4.69) is 20.6 Å². The van der Waals surface area contributed by atoms with Gasteiger partial charge >= 0.3 is 0 Å². The number of carbonyl (C=O) groups is 2. The van der Waals surface area contributed by atoms with Crippen molar-refractivity contribution in [2.75, 3.05) is 10.6 Å². The molecule has 1 heterocycles. The van der Waals surface area contributed by atoms with Crippen LogP contribution in [0.1, 0.15) is 16.1 Å². The van der Waals surface area contributed by atoms with E-state index in [0.29, 0.717) is 22.6 Å². The number of benzene rings is 3. The van der Waals surface area contributed by atoms with Crippen LogP contribution in [0, 0.1) is 5.82 Å². The number of hydrogen-bond acceptors (Lipinski definition) is 4. The van der Waals surface area contributed by atoms with Crippen molar-refractivity contribution >= 4 is 40.3 Å². The zero-order valence-corrected chi connectivity index (χ0v) is 16.2. The SMILES string of the molecule is O=C(C=Cc1cnc2ccccc2n1)Nc1cccc(C(=O)Nc2cccc(F)c2)c1. The van der Waals surface area contributed by atoms with Gasteiger partial charge in [0, 0.05) is 23.0 Å². The number of nitrogens with one attached hydrogen (secondary N) is 2. The molecule has 1 aromatic heterocycles. The maximum absolute atomic E-state index is 13.3. The number of fused-ring (bicyclic) bond motifs is 1. The van der Waals surface area contributed by atoms with Gasteiger partial charge in [0.25, 0.3) is 5.91 Å². The van der Waals surface area contributed by atoms with Crippen LogP contribution in [0.15, 0.2) is 85.1 Å². The number of rotatable bonds is 5. The molecular weight excluding hydrogens is 395 g/mol. The minimum Gasteiger partial charge on any atom is -0.322 e. The van der Waals surface area contributed by atoms with E-state index in [4.69, 9.17) is 0 Å². The van der Waals surface area contributed by atoms with E-state index in [1.807, 2.05) is 24.3 Å². The third kappa shape index (κ3) is 5.16. The number of para-hydroxylation sites is 2. The second-order valence-corrected chi connectivity index (χ2v) is 6.65. The Bertz CT molecular complexity index is 1300. The van der Waals surface area contributed by atoms with Gasteiger partial charge < -0.3 is 10.6 Å². The van der Waals surface area contributed by atoms with Gasteiger partial charge in [-0.15, -0.1) is 0 Å². The molecule has 0 saturated heterocycles. The minimum atomic E-state index is -0.443. The van der Waals surface area contributed by atoms with Crippen LogP contribution in [0.5, 0.6) is 0 Å². The van der Waals surface area contributed by atoms with Gasteiger partial charge in [0.1, 0.15) is 5.82 Å². The summed E-state index contributed by atoms with van der Waals surface area (Å²) in [5.74, 6) is -1.23. The van der Waals surface area contributed by atoms with E-state index in [-0.39, 0.29) is 5.91 Å². The highest BCUT2D eigenvalue weighted by Gasteiger charge is 2.08. The first-order valence-corrected chi connectivity index (χ1v) is 9.45. The monoisotopic (exact) mass is 412 g/mol. The predicted octanol–water partition coefficient (Wildman–Crippen LogP) is 4.67. The lowest BCUT2D eigenvalue weighted by atomic mass is 10.1. The summed E-state index contributed by atoms with van der Waals surface area (Å²) in [6, 6.07) is 19.5. The van der Waals surface area contributed by atoms with Gasteiger partial charge in [-0.1, -0.05) is 24.3 Å². The first kappa shape index (κ1) is 19.9. The van der Waals surface area contributed by atoms with Gasteiger partial charge in [0.05, 0.1) is 22.9 Å². The van der Waals surface area contributed by atoms with Crippen molar-refractivity contribution in [1.82, 2.24) is 9.97 Å². The third-order valence-corrected chi connectivity index (χ3v) is 4.35. The summed E-state index contributed by atoms with van der Waals surface area (Å²) in [4.78, 5) is 33.4. The van der Waals surface area contributed by atoms with Crippen LogP contribution >= 0.6 is 0 Å². The number of halogens is 1. The Morgan fingerprint density at radius 2 is 1.58 bits per heavy atom. The molecule has 4 aromatic rings. The second-order valence-electron chi connectivity index (χ2n) is 6.65. The third-order valence-electron chi connectivity index (χ3n) is 4.35. The Labute approximate surface area is 177 Å². The number of amides is 2. The summed E-state index contributed by atoms with van der Waals surface area (Å²) >= 11 is 0. The molecule has 31 heavy (non-hydrogen) atoms. The molecule has 0 aliphatic heterocycles. The number of carbonyl (C=O) groups excluding carboxylic acids is 2. The Balaban J connectivity index is 1.42. The van der Waals surface area contributed by atoms with Gasteiger partial charge in [-0.2, -0.15) is 0 Å². The molecule has 0 atom stereocenters. The Hall–Kier alpha value is -4.39. The molecule has 0 bridgehead atoms. The van der Waals surface area contributed by atoms with Crippen LogP contribution in [0.3, 0.4) is 0 Å². The van der Waals surface area contributed by atoms with Crippen LogP contribution in [0.2, 0.25) is 0 Å². The highest BCUT2D eigenvalue weighted by molar-refractivity contribution is 6.06. The molecule has 0 unspecified atom stereocenters. The Kier molecular flexibility index (Phi) is 5.75. The zero-order valence-electron chi connectivity index (χ0n) is 16.2. The molecule has 0 fully saturated rings. The standard InChI is InChI=1S/C24H17FN4O2/c25-17-6-4-8-19(14-17)29-24(31)16-5-3-7-18(13-16)28-23(30)12-11-20-15-26-21-9-1-2-10-22(21)27-20/h1-15H,(H,28,30)(H,29,31). The second kappa shape index (κ2) is 8.96. The molecule has 0 aliphatic rings. The molecule has 2 amide bonds. The van der Waals surface area contributed by atoms with E-state index in [0.717, 1.165) is 11.0 Å². The molecule has 3 aromatic carbocycles. The van der Waals surface area contributed by atoms with Crippen LogP contribution in [0.25, 0.3) is 17.1 Å². The van der Waals surface area contributed by atoms with Gasteiger partial charge in [0.2, 0.25) is 5.91 Å². The maximum Gasteiger partial charge on any atom is 0.255 e.